The number of hydrogen-bond acceptors (Lipinski definition) is 3. The Morgan fingerprint density at radius 2 is 1.21 bits per heavy atom. The lowest BCUT2D eigenvalue weighted by atomic mass is 9.89. The summed E-state index contributed by atoms with van der Waals surface area (Å²) in [4.78, 5) is 18.1. The number of benzene rings is 3. The largest absolute Gasteiger partial charge is 0.392 e. The molecule has 1 heterocycles. The van der Waals surface area contributed by atoms with E-state index >= 15 is 0 Å². The van der Waals surface area contributed by atoms with Gasteiger partial charge in [0.1, 0.15) is 0 Å². The molecule has 1 aliphatic heterocycles. The molecule has 4 rings (SSSR count). The third-order valence-corrected chi connectivity index (χ3v) is 6.19. The van der Waals surface area contributed by atoms with Crippen LogP contribution >= 0.6 is 0 Å². The van der Waals surface area contributed by atoms with Gasteiger partial charge in [-0.15, -0.1) is 0 Å². The second-order valence-electron chi connectivity index (χ2n) is 9.04. The van der Waals surface area contributed by atoms with E-state index in [1.54, 1.807) is 0 Å². The Kier molecular flexibility index (Phi) is 16.7. The molecule has 0 aromatic heterocycles. The number of amides is 1. The average Bonchev–Trinajstić information content (AvgIpc) is 3.40. The minimum absolute atomic E-state index is 0.0750. The number of carbonyl (C=O) groups is 1. The first-order valence-electron chi connectivity index (χ1n) is 14.4. The van der Waals surface area contributed by atoms with Crippen molar-refractivity contribution >= 4 is 5.91 Å². The van der Waals surface area contributed by atoms with Gasteiger partial charge in [0, 0.05) is 26.7 Å². The summed E-state index contributed by atoms with van der Waals surface area (Å²) in [6, 6.07) is 30.1. The molecule has 1 amide bonds. The minimum Gasteiger partial charge on any atom is -0.392 e. The molecular weight excluding hydrogens is 468 g/mol. The fourth-order valence-electron chi connectivity index (χ4n) is 4.48. The lowest BCUT2D eigenvalue weighted by molar-refractivity contribution is -0.133. The summed E-state index contributed by atoms with van der Waals surface area (Å²) in [5.74, 6) is -0.284. The van der Waals surface area contributed by atoms with Crippen LogP contribution in [0, 0.1) is 0 Å². The second-order valence-corrected chi connectivity index (χ2v) is 9.04. The maximum absolute atomic E-state index is 14.0. The molecule has 0 spiro atoms. The molecule has 3 aromatic carbocycles. The van der Waals surface area contributed by atoms with Crippen molar-refractivity contribution in [1.29, 1.82) is 0 Å². The molecule has 0 unspecified atom stereocenters. The van der Waals surface area contributed by atoms with Crippen LogP contribution in [0.3, 0.4) is 0 Å². The molecule has 0 aliphatic carbocycles. The van der Waals surface area contributed by atoms with E-state index in [1.165, 1.54) is 6.42 Å². The molecule has 208 valence electrons. The highest BCUT2D eigenvalue weighted by atomic mass is 16.3. The van der Waals surface area contributed by atoms with Crippen molar-refractivity contribution in [1.82, 2.24) is 9.80 Å². The van der Waals surface area contributed by atoms with E-state index in [4.69, 9.17) is 0 Å². The molecule has 0 radical (unpaired) electrons. The Balaban J connectivity index is 0.000000944. The number of rotatable bonds is 7. The summed E-state index contributed by atoms with van der Waals surface area (Å²) < 4.78 is 0. The Morgan fingerprint density at radius 1 is 0.816 bits per heavy atom. The smallest absolute Gasteiger partial charge is 0.234 e. The first-order valence-corrected chi connectivity index (χ1v) is 14.4. The molecule has 1 aliphatic rings. The molecule has 3 aromatic rings. The van der Waals surface area contributed by atoms with Crippen molar-refractivity contribution in [3.05, 3.63) is 108 Å². The summed E-state index contributed by atoms with van der Waals surface area (Å²) >= 11 is 0. The molecule has 2 atom stereocenters. The van der Waals surface area contributed by atoms with Gasteiger partial charge in [-0.2, -0.15) is 0 Å². The van der Waals surface area contributed by atoms with Gasteiger partial charge in [0.25, 0.3) is 0 Å². The fourth-order valence-corrected chi connectivity index (χ4v) is 4.48. The molecule has 1 saturated heterocycles. The van der Waals surface area contributed by atoms with Gasteiger partial charge in [-0.3, -0.25) is 9.69 Å². The summed E-state index contributed by atoms with van der Waals surface area (Å²) in [5, 5.41) is 9.99. The van der Waals surface area contributed by atoms with Gasteiger partial charge in [-0.1, -0.05) is 139 Å². The number of β-amino-alcohol motifs (C(OH)–C–C–N with tert-alkyl or cyclic N) is 1. The van der Waals surface area contributed by atoms with Crippen molar-refractivity contribution in [3.8, 4) is 0 Å². The Labute approximate surface area is 232 Å². The number of carbonyl (C=O) groups excluding carboxylic acids is 1. The van der Waals surface area contributed by atoms with Crippen LogP contribution in [0.4, 0.5) is 0 Å². The molecule has 1 N–H and O–H groups in total. The summed E-state index contributed by atoms with van der Waals surface area (Å²) in [7, 11) is 1.91. The molecule has 38 heavy (non-hydrogen) atoms. The molecule has 4 nitrogen and oxygen atoms in total. The van der Waals surface area contributed by atoms with Crippen LogP contribution in [0.25, 0.3) is 0 Å². The maximum Gasteiger partial charge on any atom is 0.234 e. The van der Waals surface area contributed by atoms with Crippen LogP contribution in [0.2, 0.25) is 0 Å². The Hall–Kier alpha value is -2.95. The molecule has 1 fully saturated rings. The maximum atomic E-state index is 14.0. The van der Waals surface area contributed by atoms with Crippen molar-refractivity contribution in [2.24, 2.45) is 0 Å². The highest BCUT2D eigenvalue weighted by molar-refractivity contribution is 5.87. The standard InChI is InChI=1S/C27H30N2O2.C3H8.2C2H6/c1-28(25(21-11-5-2-6-12-21)20-29-18-17-24(30)19-29)27(31)26(22-13-7-3-8-14-22)23-15-9-4-10-16-23;1-3-2;2*1-2/h2-16,24-26,30H,17-20H2,1H3;3H2,1-2H3;2*1-2H3/t24-,25+;;;/m0.../s1. The molecule has 4 heteroatoms. The van der Waals surface area contributed by atoms with Gasteiger partial charge < -0.3 is 10.0 Å². The molecule has 0 bridgehead atoms. The van der Waals surface area contributed by atoms with Crippen molar-refractivity contribution < 1.29 is 9.90 Å². The fraction of sp³-hybridized carbons (Fsp3) is 0.441. The van der Waals surface area contributed by atoms with Crippen LogP contribution in [-0.4, -0.2) is 53.6 Å². The van der Waals surface area contributed by atoms with Crippen LogP contribution in [0.1, 0.15) is 83.0 Å². The van der Waals surface area contributed by atoms with E-state index in [9.17, 15) is 9.90 Å². The van der Waals surface area contributed by atoms with Crippen LogP contribution in [0.5, 0.6) is 0 Å². The van der Waals surface area contributed by atoms with Gasteiger partial charge in [-0.25, -0.2) is 0 Å². The monoisotopic (exact) mass is 518 g/mol. The van der Waals surface area contributed by atoms with E-state index in [0.29, 0.717) is 13.1 Å². The number of nitrogens with zero attached hydrogens (tertiary/aromatic N) is 2. The van der Waals surface area contributed by atoms with E-state index in [-0.39, 0.29) is 24.0 Å². The van der Waals surface area contributed by atoms with E-state index in [0.717, 1.165) is 29.7 Å². The predicted octanol–water partition coefficient (Wildman–Crippen LogP) is 7.55. The topological polar surface area (TPSA) is 43.8 Å². The summed E-state index contributed by atoms with van der Waals surface area (Å²) in [5.41, 5.74) is 3.10. The Morgan fingerprint density at radius 3 is 1.58 bits per heavy atom. The van der Waals surface area contributed by atoms with E-state index in [1.807, 2.05) is 119 Å². The lowest BCUT2D eigenvalue weighted by Gasteiger charge is -2.34. The SMILES string of the molecule is CC.CC.CCC.CN(C(=O)C(c1ccccc1)c1ccccc1)[C@H](CN1CC[C@H](O)C1)c1ccccc1. The van der Waals surface area contributed by atoms with Crippen LogP contribution in [0.15, 0.2) is 91.0 Å². The minimum atomic E-state index is -0.359. The quantitative estimate of drug-likeness (QED) is 0.351. The van der Waals surface area contributed by atoms with E-state index < -0.39 is 0 Å². The van der Waals surface area contributed by atoms with Crippen molar-refractivity contribution in [2.45, 2.75) is 72.4 Å². The zero-order valence-electron chi connectivity index (χ0n) is 24.7. The van der Waals surface area contributed by atoms with Gasteiger partial charge >= 0.3 is 0 Å². The zero-order valence-corrected chi connectivity index (χ0v) is 24.7. The average molecular weight is 519 g/mol. The van der Waals surface area contributed by atoms with Gasteiger partial charge in [0.15, 0.2) is 0 Å². The molecule has 0 saturated carbocycles. The van der Waals surface area contributed by atoms with Gasteiger partial charge in [-0.05, 0) is 23.1 Å². The predicted molar refractivity (Wildman–Crippen MR) is 162 cm³/mol. The van der Waals surface area contributed by atoms with E-state index in [2.05, 4.69) is 30.9 Å². The van der Waals surface area contributed by atoms with Crippen molar-refractivity contribution in [2.75, 3.05) is 26.7 Å². The highest BCUT2D eigenvalue weighted by Gasteiger charge is 2.32. The highest BCUT2D eigenvalue weighted by Crippen LogP contribution is 2.31. The first kappa shape index (κ1) is 33.1. The normalized spacial score (nSPS) is 15.1. The number of hydrogen-bond donors (Lipinski definition) is 1. The summed E-state index contributed by atoms with van der Waals surface area (Å²) in [6.07, 6.45) is 1.76. The van der Waals surface area contributed by atoms with Crippen LogP contribution < -0.4 is 0 Å². The lowest BCUT2D eigenvalue weighted by Crippen LogP contribution is -2.41. The van der Waals surface area contributed by atoms with Crippen molar-refractivity contribution in [3.63, 3.8) is 0 Å². The third kappa shape index (κ3) is 10.1. The Bertz CT molecular complexity index is 940. The number of aliphatic hydroxyl groups excluding tert-OH is 1. The third-order valence-electron chi connectivity index (χ3n) is 6.19. The van der Waals surface area contributed by atoms with Gasteiger partial charge in [0.05, 0.1) is 18.1 Å². The summed E-state index contributed by atoms with van der Waals surface area (Å²) in [6.45, 7) is 14.5. The number of likely N-dealkylation sites (tertiary alicyclic amines) is 1. The number of likely N-dealkylation sites (N-methyl/N-ethyl adjacent to an activating group) is 1. The van der Waals surface area contributed by atoms with Crippen LogP contribution in [-0.2, 0) is 4.79 Å². The molecular formula is C34H50N2O2. The zero-order chi connectivity index (χ0) is 28.3. The number of aliphatic hydroxyl groups is 1. The van der Waals surface area contributed by atoms with Gasteiger partial charge in [0.2, 0.25) is 5.91 Å². The first-order chi connectivity index (χ1) is 18.5. The second kappa shape index (κ2) is 19.2.